The van der Waals surface area contributed by atoms with Crippen molar-refractivity contribution in [2.24, 2.45) is 5.92 Å². The molecule has 0 radical (unpaired) electrons. The zero-order valence-electron chi connectivity index (χ0n) is 13.5. The van der Waals surface area contributed by atoms with Gasteiger partial charge in [-0.15, -0.1) is 11.3 Å². The largest absolute Gasteiger partial charge is 0.339 e. The van der Waals surface area contributed by atoms with Crippen LogP contribution in [0, 0.1) is 5.92 Å². The summed E-state index contributed by atoms with van der Waals surface area (Å²) in [6.45, 7) is 0.972. The second kappa shape index (κ2) is 6.60. The van der Waals surface area contributed by atoms with Gasteiger partial charge in [-0.3, -0.25) is 4.79 Å². The predicted molar refractivity (Wildman–Crippen MR) is 94.6 cm³/mol. The summed E-state index contributed by atoms with van der Waals surface area (Å²) in [5, 5.41) is 1.09. The van der Waals surface area contributed by atoms with Crippen LogP contribution in [0.3, 0.4) is 0 Å². The molecule has 2 atom stereocenters. The monoisotopic (exact) mass is 328 g/mol. The lowest BCUT2D eigenvalue weighted by atomic mass is 9.78. The molecule has 1 saturated carbocycles. The maximum absolute atomic E-state index is 12.7. The maximum atomic E-state index is 12.7. The van der Waals surface area contributed by atoms with E-state index in [-0.39, 0.29) is 0 Å². The molecule has 2 unspecified atom stereocenters. The molecule has 0 N–H and O–H groups in total. The van der Waals surface area contributed by atoms with Gasteiger partial charge >= 0.3 is 0 Å². The van der Waals surface area contributed by atoms with Crippen molar-refractivity contribution in [3.8, 4) is 0 Å². The van der Waals surface area contributed by atoms with Crippen molar-refractivity contribution in [3.63, 3.8) is 0 Å². The number of piperidine rings is 1. The Kier molecular flexibility index (Phi) is 4.34. The Bertz CT molecular complexity index is 660. The minimum absolute atomic E-state index is 0.348. The molecule has 1 aromatic heterocycles. The number of fused-ring (bicyclic) bond motifs is 2. The Morgan fingerprint density at radius 1 is 1.17 bits per heavy atom. The summed E-state index contributed by atoms with van der Waals surface area (Å²) >= 11 is 1.73. The maximum Gasteiger partial charge on any atom is 0.223 e. The minimum atomic E-state index is 0.348. The molecule has 1 aliphatic heterocycles. The Balaban J connectivity index is 1.40. The van der Waals surface area contributed by atoms with Crippen LogP contribution < -0.4 is 0 Å². The van der Waals surface area contributed by atoms with E-state index in [1.807, 2.05) is 12.1 Å². The fraction of sp³-hybridized carbons (Fsp3) is 0.579. The molecule has 23 heavy (non-hydrogen) atoms. The Morgan fingerprint density at radius 2 is 2.00 bits per heavy atom. The van der Waals surface area contributed by atoms with Crippen molar-refractivity contribution in [2.45, 2.75) is 57.4 Å². The SMILES string of the molecule is O=C(CCc1nc2ccccc2s1)N1CCCC2CCCCC21. The lowest BCUT2D eigenvalue weighted by Gasteiger charge is -2.44. The van der Waals surface area contributed by atoms with Crippen LogP contribution in [0.1, 0.15) is 50.0 Å². The zero-order valence-corrected chi connectivity index (χ0v) is 14.4. The molecule has 2 aromatic rings. The fourth-order valence-electron chi connectivity index (χ4n) is 4.32. The molecular formula is C19H24N2OS. The molecule has 2 heterocycles. The van der Waals surface area contributed by atoms with Gasteiger partial charge in [0.05, 0.1) is 15.2 Å². The number of aromatic nitrogens is 1. The molecule has 1 saturated heterocycles. The fourth-order valence-corrected chi connectivity index (χ4v) is 5.29. The first kappa shape index (κ1) is 15.1. The lowest BCUT2D eigenvalue weighted by Crippen LogP contribution is -2.49. The van der Waals surface area contributed by atoms with E-state index in [0.29, 0.717) is 18.4 Å². The number of carbonyl (C=O) groups is 1. The van der Waals surface area contributed by atoms with Gasteiger partial charge in [0.1, 0.15) is 0 Å². The van der Waals surface area contributed by atoms with Crippen molar-refractivity contribution in [1.29, 1.82) is 0 Å². The molecule has 1 amide bonds. The Hall–Kier alpha value is -1.42. The normalized spacial score (nSPS) is 24.6. The van der Waals surface area contributed by atoms with Crippen LogP contribution in [0.5, 0.6) is 0 Å². The topological polar surface area (TPSA) is 33.2 Å². The number of carbonyl (C=O) groups excluding carboxylic acids is 1. The molecule has 0 spiro atoms. The van der Waals surface area contributed by atoms with E-state index in [4.69, 9.17) is 0 Å². The summed E-state index contributed by atoms with van der Waals surface area (Å²) < 4.78 is 1.22. The zero-order chi connectivity index (χ0) is 15.6. The first-order valence-electron chi connectivity index (χ1n) is 8.95. The number of thiazole rings is 1. The van der Waals surface area contributed by atoms with Crippen molar-refractivity contribution in [2.75, 3.05) is 6.54 Å². The molecule has 2 aliphatic rings. The summed E-state index contributed by atoms with van der Waals surface area (Å²) in [5.74, 6) is 1.12. The molecular weight excluding hydrogens is 304 g/mol. The van der Waals surface area contributed by atoms with E-state index in [1.54, 1.807) is 11.3 Å². The highest BCUT2D eigenvalue weighted by Gasteiger charge is 2.35. The summed E-state index contributed by atoms with van der Waals surface area (Å²) in [6, 6.07) is 8.75. The summed E-state index contributed by atoms with van der Waals surface area (Å²) in [4.78, 5) is 19.6. The van der Waals surface area contributed by atoms with Crippen molar-refractivity contribution < 1.29 is 4.79 Å². The van der Waals surface area contributed by atoms with Crippen molar-refractivity contribution >= 4 is 27.5 Å². The quantitative estimate of drug-likeness (QED) is 0.836. The number of hydrogen-bond acceptors (Lipinski definition) is 3. The van der Waals surface area contributed by atoms with E-state index in [2.05, 4.69) is 22.0 Å². The van der Waals surface area contributed by atoms with Gasteiger partial charge in [-0.2, -0.15) is 0 Å². The number of amides is 1. The molecule has 0 bridgehead atoms. The average molecular weight is 328 g/mol. The second-order valence-corrected chi connectivity index (χ2v) is 8.03. The minimum Gasteiger partial charge on any atom is -0.339 e. The van der Waals surface area contributed by atoms with E-state index in [0.717, 1.165) is 29.4 Å². The molecule has 3 nitrogen and oxygen atoms in total. The lowest BCUT2D eigenvalue weighted by molar-refractivity contribution is -0.137. The van der Waals surface area contributed by atoms with Crippen molar-refractivity contribution in [1.82, 2.24) is 9.88 Å². The number of aryl methyl sites for hydroxylation is 1. The number of para-hydroxylation sites is 1. The molecule has 4 heteroatoms. The summed E-state index contributed by atoms with van der Waals surface area (Å²) in [7, 11) is 0. The standard InChI is InChI=1S/C19H24N2OS/c22-19(21-13-5-7-14-6-1-3-9-16(14)21)12-11-18-20-15-8-2-4-10-17(15)23-18/h2,4,8,10,14,16H,1,3,5-7,9,11-13H2. The summed E-state index contributed by atoms with van der Waals surface area (Å²) in [5.41, 5.74) is 1.06. The number of hydrogen-bond donors (Lipinski definition) is 0. The van der Waals surface area contributed by atoms with Crippen molar-refractivity contribution in [3.05, 3.63) is 29.3 Å². The molecule has 1 aromatic carbocycles. The second-order valence-electron chi connectivity index (χ2n) is 6.92. The van der Waals surface area contributed by atoms with Crippen LogP contribution >= 0.6 is 11.3 Å². The van der Waals surface area contributed by atoms with Gasteiger partial charge < -0.3 is 4.90 Å². The first-order valence-corrected chi connectivity index (χ1v) is 9.77. The van der Waals surface area contributed by atoms with Gasteiger partial charge in [-0.25, -0.2) is 4.98 Å². The highest BCUT2D eigenvalue weighted by Crippen LogP contribution is 2.35. The smallest absolute Gasteiger partial charge is 0.223 e. The third kappa shape index (κ3) is 3.14. The number of rotatable bonds is 3. The van der Waals surface area contributed by atoms with E-state index in [1.165, 1.54) is 43.2 Å². The Morgan fingerprint density at radius 3 is 2.91 bits per heavy atom. The van der Waals surface area contributed by atoms with Gasteiger partial charge in [0.25, 0.3) is 0 Å². The van der Waals surface area contributed by atoms with E-state index < -0.39 is 0 Å². The number of nitrogens with zero attached hydrogens (tertiary/aromatic N) is 2. The average Bonchev–Trinajstić information content (AvgIpc) is 3.02. The number of benzene rings is 1. The highest BCUT2D eigenvalue weighted by molar-refractivity contribution is 7.18. The van der Waals surface area contributed by atoms with Gasteiger partial charge in [0, 0.05) is 25.4 Å². The number of likely N-dealkylation sites (tertiary alicyclic amines) is 1. The van der Waals surface area contributed by atoms with Crippen LogP contribution in [-0.4, -0.2) is 28.4 Å². The van der Waals surface area contributed by atoms with Crippen LogP contribution in [0.25, 0.3) is 10.2 Å². The first-order chi connectivity index (χ1) is 11.3. The van der Waals surface area contributed by atoms with Crippen LogP contribution in [0.4, 0.5) is 0 Å². The molecule has 2 fully saturated rings. The van der Waals surface area contributed by atoms with Crippen LogP contribution in [0.15, 0.2) is 24.3 Å². The van der Waals surface area contributed by atoms with E-state index >= 15 is 0 Å². The van der Waals surface area contributed by atoms with E-state index in [9.17, 15) is 4.79 Å². The third-order valence-electron chi connectivity index (χ3n) is 5.45. The predicted octanol–water partition coefficient (Wildman–Crippen LogP) is 4.41. The third-order valence-corrected chi connectivity index (χ3v) is 6.55. The van der Waals surface area contributed by atoms with Gasteiger partial charge in [0.15, 0.2) is 0 Å². The van der Waals surface area contributed by atoms with Gasteiger partial charge in [-0.1, -0.05) is 25.0 Å². The molecule has 4 rings (SSSR count). The van der Waals surface area contributed by atoms with Gasteiger partial charge in [0.2, 0.25) is 5.91 Å². The molecule has 1 aliphatic carbocycles. The van der Waals surface area contributed by atoms with Crippen LogP contribution in [-0.2, 0) is 11.2 Å². The summed E-state index contributed by atoms with van der Waals surface area (Å²) in [6.07, 6.45) is 9.11. The van der Waals surface area contributed by atoms with Crippen LogP contribution in [0.2, 0.25) is 0 Å². The Labute approximate surface area is 141 Å². The van der Waals surface area contributed by atoms with Gasteiger partial charge in [-0.05, 0) is 43.7 Å². The highest BCUT2D eigenvalue weighted by atomic mass is 32.1. The molecule has 122 valence electrons.